The van der Waals surface area contributed by atoms with Crippen molar-refractivity contribution < 1.29 is 13.2 Å². The Morgan fingerprint density at radius 2 is 1.48 bits per heavy atom. The summed E-state index contributed by atoms with van der Waals surface area (Å²) in [4.78, 5) is 11.5. The molecule has 0 radical (unpaired) electrons. The number of rotatable bonds is 7. The van der Waals surface area contributed by atoms with E-state index in [4.69, 9.17) is 0 Å². The molecule has 3 nitrogen and oxygen atoms in total. The van der Waals surface area contributed by atoms with E-state index in [0.29, 0.717) is 17.7 Å². The van der Waals surface area contributed by atoms with Gasteiger partial charge in [-0.15, -0.1) is 0 Å². The minimum atomic E-state index is -3.32. The molecule has 0 saturated carbocycles. The van der Waals surface area contributed by atoms with Crippen LogP contribution in [0.1, 0.15) is 12.0 Å². The van der Waals surface area contributed by atoms with Crippen molar-refractivity contribution in [3.05, 3.63) is 66.2 Å². The van der Waals surface area contributed by atoms with E-state index < -0.39 is 9.84 Å². The van der Waals surface area contributed by atoms with Gasteiger partial charge in [-0.3, -0.25) is 0 Å². The number of sulfone groups is 1. The Morgan fingerprint density at radius 3 is 2.05 bits per heavy atom. The molecular formula is C17H18O3S. The average Bonchev–Trinajstić information content (AvgIpc) is 2.53. The van der Waals surface area contributed by atoms with Crippen molar-refractivity contribution >= 4 is 16.1 Å². The first kappa shape index (κ1) is 15.4. The third-order valence-corrected chi connectivity index (χ3v) is 5.16. The van der Waals surface area contributed by atoms with Crippen molar-refractivity contribution in [2.45, 2.75) is 17.7 Å². The minimum Gasteiger partial charge on any atom is -0.303 e. The van der Waals surface area contributed by atoms with Gasteiger partial charge in [-0.1, -0.05) is 48.5 Å². The Kier molecular flexibility index (Phi) is 5.28. The van der Waals surface area contributed by atoms with E-state index in [2.05, 4.69) is 0 Å². The van der Waals surface area contributed by atoms with Crippen molar-refractivity contribution in [1.29, 1.82) is 0 Å². The Bertz CT molecular complexity index is 664. The summed E-state index contributed by atoms with van der Waals surface area (Å²) < 4.78 is 24.4. The highest BCUT2D eigenvalue weighted by Crippen LogP contribution is 2.16. The van der Waals surface area contributed by atoms with Crippen LogP contribution in [0.15, 0.2) is 65.6 Å². The molecule has 0 aliphatic heterocycles. The quantitative estimate of drug-likeness (QED) is 0.739. The Morgan fingerprint density at radius 1 is 0.905 bits per heavy atom. The van der Waals surface area contributed by atoms with Gasteiger partial charge in [0.2, 0.25) is 0 Å². The first-order valence-electron chi connectivity index (χ1n) is 6.89. The molecule has 1 atom stereocenters. The molecule has 0 aromatic heterocycles. The van der Waals surface area contributed by atoms with E-state index in [0.717, 1.165) is 11.8 Å². The van der Waals surface area contributed by atoms with Gasteiger partial charge in [0.25, 0.3) is 0 Å². The summed E-state index contributed by atoms with van der Waals surface area (Å²) in [5.41, 5.74) is 1.05. The largest absolute Gasteiger partial charge is 0.303 e. The molecule has 21 heavy (non-hydrogen) atoms. The molecule has 110 valence electrons. The number of aldehydes is 1. The van der Waals surface area contributed by atoms with Crippen LogP contribution in [-0.2, 0) is 21.1 Å². The molecule has 0 bridgehead atoms. The predicted octanol–water partition coefficient (Wildman–Crippen LogP) is 2.91. The number of hydrogen-bond acceptors (Lipinski definition) is 3. The SMILES string of the molecule is O=CC(CCS(=O)(=O)c1ccccc1)Cc1ccccc1. The summed E-state index contributed by atoms with van der Waals surface area (Å²) in [5.74, 6) is -0.279. The normalized spacial score (nSPS) is 12.8. The number of carbonyl (C=O) groups is 1. The molecule has 0 spiro atoms. The maximum Gasteiger partial charge on any atom is 0.178 e. The average molecular weight is 302 g/mol. The van der Waals surface area contributed by atoms with Crippen LogP contribution in [0.2, 0.25) is 0 Å². The summed E-state index contributed by atoms with van der Waals surface area (Å²) in [6.45, 7) is 0. The molecule has 0 aliphatic rings. The van der Waals surface area contributed by atoms with Gasteiger partial charge < -0.3 is 4.79 Å². The number of carbonyl (C=O) groups excluding carboxylic acids is 1. The van der Waals surface area contributed by atoms with Crippen molar-refractivity contribution in [2.24, 2.45) is 5.92 Å². The molecule has 4 heteroatoms. The van der Waals surface area contributed by atoms with Crippen LogP contribution < -0.4 is 0 Å². The van der Waals surface area contributed by atoms with Crippen molar-refractivity contribution in [3.8, 4) is 0 Å². The van der Waals surface area contributed by atoms with Crippen molar-refractivity contribution in [1.82, 2.24) is 0 Å². The lowest BCUT2D eigenvalue weighted by Gasteiger charge is -2.11. The van der Waals surface area contributed by atoms with E-state index in [9.17, 15) is 13.2 Å². The second-order valence-corrected chi connectivity index (χ2v) is 7.12. The molecular weight excluding hydrogens is 284 g/mol. The van der Waals surface area contributed by atoms with E-state index in [1.807, 2.05) is 30.3 Å². The smallest absolute Gasteiger partial charge is 0.178 e. The third kappa shape index (κ3) is 4.53. The lowest BCUT2D eigenvalue weighted by atomic mass is 9.98. The van der Waals surface area contributed by atoms with Crippen LogP contribution in [-0.4, -0.2) is 20.5 Å². The summed E-state index contributed by atoms with van der Waals surface area (Å²) in [6, 6.07) is 18.0. The fourth-order valence-corrected chi connectivity index (χ4v) is 3.61. The Balaban J connectivity index is 1.99. The van der Waals surface area contributed by atoms with E-state index in [-0.39, 0.29) is 11.7 Å². The zero-order valence-corrected chi connectivity index (χ0v) is 12.5. The standard InChI is InChI=1S/C17H18O3S/c18-14-16(13-15-7-3-1-4-8-15)11-12-21(19,20)17-9-5-2-6-10-17/h1-10,14,16H,11-13H2. The van der Waals surface area contributed by atoms with Gasteiger partial charge in [0.05, 0.1) is 10.6 Å². The molecule has 1 unspecified atom stereocenters. The summed E-state index contributed by atoms with van der Waals surface area (Å²) in [5, 5.41) is 0. The van der Waals surface area contributed by atoms with Gasteiger partial charge in [0.1, 0.15) is 6.29 Å². The summed E-state index contributed by atoms with van der Waals surface area (Å²) in [7, 11) is -3.32. The molecule has 2 aromatic carbocycles. The monoisotopic (exact) mass is 302 g/mol. The van der Waals surface area contributed by atoms with Gasteiger partial charge >= 0.3 is 0 Å². The number of hydrogen-bond donors (Lipinski definition) is 0. The van der Waals surface area contributed by atoms with Crippen molar-refractivity contribution in [3.63, 3.8) is 0 Å². The highest BCUT2D eigenvalue weighted by Gasteiger charge is 2.17. The zero-order chi connectivity index (χ0) is 15.1. The molecule has 0 saturated heterocycles. The van der Waals surface area contributed by atoms with Crippen molar-refractivity contribution in [2.75, 3.05) is 5.75 Å². The van der Waals surface area contributed by atoms with Gasteiger partial charge in [-0.2, -0.15) is 0 Å². The fraction of sp³-hybridized carbons (Fsp3) is 0.235. The summed E-state index contributed by atoms with van der Waals surface area (Å²) >= 11 is 0. The molecule has 0 amide bonds. The van der Waals surface area contributed by atoms with Crippen LogP contribution in [0.5, 0.6) is 0 Å². The van der Waals surface area contributed by atoms with Crippen LogP contribution in [0.3, 0.4) is 0 Å². The molecule has 0 fully saturated rings. The summed E-state index contributed by atoms with van der Waals surface area (Å²) in [6.07, 6.45) is 1.78. The zero-order valence-electron chi connectivity index (χ0n) is 11.7. The van der Waals surface area contributed by atoms with E-state index in [1.165, 1.54) is 0 Å². The van der Waals surface area contributed by atoms with Gasteiger partial charge in [0, 0.05) is 5.92 Å². The molecule has 0 N–H and O–H groups in total. The van der Waals surface area contributed by atoms with E-state index >= 15 is 0 Å². The first-order chi connectivity index (χ1) is 10.1. The molecule has 2 rings (SSSR count). The van der Waals surface area contributed by atoms with Gasteiger partial charge in [-0.05, 0) is 30.5 Å². The fourth-order valence-electron chi connectivity index (χ4n) is 2.19. The number of benzene rings is 2. The predicted molar refractivity (Wildman–Crippen MR) is 82.8 cm³/mol. The highest BCUT2D eigenvalue weighted by atomic mass is 32.2. The maximum absolute atomic E-state index is 12.2. The minimum absolute atomic E-state index is 0.00669. The topological polar surface area (TPSA) is 51.2 Å². The van der Waals surface area contributed by atoms with Crippen LogP contribution >= 0.6 is 0 Å². The first-order valence-corrected chi connectivity index (χ1v) is 8.54. The van der Waals surface area contributed by atoms with E-state index in [1.54, 1.807) is 30.3 Å². The van der Waals surface area contributed by atoms with Crippen LogP contribution in [0, 0.1) is 5.92 Å². The molecule has 2 aromatic rings. The second kappa shape index (κ2) is 7.18. The molecule has 0 heterocycles. The van der Waals surface area contributed by atoms with Crippen LogP contribution in [0.25, 0.3) is 0 Å². The maximum atomic E-state index is 12.2. The van der Waals surface area contributed by atoms with Gasteiger partial charge in [-0.25, -0.2) is 8.42 Å². The second-order valence-electron chi connectivity index (χ2n) is 5.01. The third-order valence-electron chi connectivity index (χ3n) is 3.39. The molecule has 0 aliphatic carbocycles. The Hall–Kier alpha value is -1.94. The highest BCUT2D eigenvalue weighted by molar-refractivity contribution is 7.91. The lowest BCUT2D eigenvalue weighted by Crippen LogP contribution is -2.14. The Labute approximate surface area is 125 Å². The van der Waals surface area contributed by atoms with Crippen LogP contribution in [0.4, 0.5) is 0 Å². The van der Waals surface area contributed by atoms with Gasteiger partial charge in [0.15, 0.2) is 9.84 Å². The lowest BCUT2D eigenvalue weighted by molar-refractivity contribution is -0.111.